The van der Waals surface area contributed by atoms with Gasteiger partial charge in [0.2, 0.25) is 0 Å². The van der Waals surface area contributed by atoms with Gasteiger partial charge in [-0.15, -0.1) is 0 Å². The van der Waals surface area contributed by atoms with Gasteiger partial charge in [0.05, 0.1) is 0 Å². The zero-order chi connectivity index (χ0) is 12.7. The molecule has 0 aromatic carbocycles. The summed E-state index contributed by atoms with van der Waals surface area (Å²) in [6.45, 7) is 14.1. The summed E-state index contributed by atoms with van der Waals surface area (Å²) in [7, 11) is 0. The Morgan fingerprint density at radius 3 is 2.41 bits per heavy atom. The molecule has 102 valence electrons. The monoisotopic (exact) mass is 240 g/mol. The van der Waals surface area contributed by atoms with Gasteiger partial charge in [-0.1, -0.05) is 20.8 Å². The third-order valence-corrected chi connectivity index (χ3v) is 3.76. The van der Waals surface area contributed by atoms with E-state index in [1.165, 1.54) is 45.3 Å². The van der Waals surface area contributed by atoms with Crippen LogP contribution < -0.4 is 5.32 Å². The standard InChI is InChI=1S/C15H32N2/c1-5-17(12-15-8-9-15)11-10-16-14(4)7-6-13(2)3/h13-16H,5-12H2,1-4H3. The zero-order valence-electron chi connectivity index (χ0n) is 12.3. The van der Waals surface area contributed by atoms with Gasteiger partial charge >= 0.3 is 0 Å². The number of hydrogen-bond acceptors (Lipinski definition) is 2. The molecule has 0 radical (unpaired) electrons. The third kappa shape index (κ3) is 7.77. The minimum Gasteiger partial charge on any atom is -0.313 e. The Kier molecular flexibility index (Phi) is 7.14. The molecule has 0 heterocycles. The van der Waals surface area contributed by atoms with Crippen molar-refractivity contribution < 1.29 is 0 Å². The molecule has 0 saturated heterocycles. The minimum atomic E-state index is 0.678. The molecule has 0 spiro atoms. The maximum Gasteiger partial charge on any atom is 0.0107 e. The largest absolute Gasteiger partial charge is 0.313 e. The second-order valence-electron chi connectivity index (χ2n) is 6.16. The molecule has 1 aliphatic rings. The van der Waals surface area contributed by atoms with Gasteiger partial charge in [-0.05, 0) is 51.0 Å². The van der Waals surface area contributed by atoms with Crippen LogP contribution in [0.4, 0.5) is 0 Å². The maximum atomic E-state index is 3.65. The van der Waals surface area contributed by atoms with Crippen LogP contribution in [0.3, 0.4) is 0 Å². The molecule has 1 atom stereocenters. The molecule has 1 saturated carbocycles. The summed E-state index contributed by atoms with van der Waals surface area (Å²) in [6, 6.07) is 0.678. The van der Waals surface area contributed by atoms with E-state index in [0.29, 0.717) is 6.04 Å². The van der Waals surface area contributed by atoms with Crippen molar-refractivity contribution in [3.63, 3.8) is 0 Å². The summed E-state index contributed by atoms with van der Waals surface area (Å²) in [6.07, 6.45) is 5.59. The molecule has 1 fully saturated rings. The summed E-state index contributed by atoms with van der Waals surface area (Å²) in [4.78, 5) is 2.60. The maximum absolute atomic E-state index is 3.65. The van der Waals surface area contributed by atoms with Crippen LogP contribution >= 0.6 is 0 Å². The first-order chi connectivity index (χ1) is 8.11. The van der Waals surface area contributed by atoms with Crippen LogP contribution in [-0.2, 0) is 0 Å². The summed E-state index contributed by atoms with van der Waals surface area (Å²) in [5.41, 5.74) is 0. The molecule has 0 amide bonds. The van der Waals surface area contributed by atoms with Crippen LogP contribution in [0.5, 0.6) is 0 Å². The van der Waals surface area contributed by atoms with Crippen LogP contribution in [0.25, 0.3) is 0 Å². The average molecular weight is 240 g/mol. The van der Waals surface area contributed by atoms with Crippen LogP contribution in [-0.4, -0.2) is 37.1 Å². The molecule has 0 bridgehead atoms. The summed E-state index contributed by atoms with van der Waals surface area (Å²) in [5, 5.41) is 3.65. The van der Waals surface area contributed by atoms with Gasteiger partial charge < -0.3 is 10.2 Å². The van der Waals surface area contributed by atoms with E-state index in [0.717, 1.165) is 18.4 Å². The van der Waals surface area contributed by atoms with Crippen LogP contribution in [0.15, 0.2) is 0 Å². The molecule has 0 aromatic heterocycles. The first-order valence-corrected chi connectivity index (χ1v) is 7.57. The Labute approximate surface area is 108 Å². The van der Waals surface area contributed by atoms with Crippen LogP contribution in [0, 0.1) is 11.8 Å². The van der Waals surface area contributed by atoms with Gasteiger partial charge in [0.15, 0.2) is 0 Å². The summed E-state index contributed by atoms with van der Waals surface area (Å²) in [5.74, 6) is 1.86. The predicted octanol–water partition coefficient (Wildman–Crippen LogP) is 3.13. The van der Waals surface area contributed by atoms with E-state index in [-0.39, 0.29) is 0 Å². The van der Waals surface area contributed by atoms with Crippen molar-refractivity contribution in [3.8, 4) is 0 Å². The van der Waals surface area contributed by atoms with Crippen molar-refractivity contribution in [2.75, 3.05) is 26.2 Å². The lowest BCUT2D eigenvalue weighted by molar-refractivity contribution is 0.270. The SMILES string of the molecule is CCN(CCNC(C)CCC(C)C)CC1CC1. The lowest BCUT2D eigenvalue weighted by Crippen LogP contribution is -2.37. The lowest BCUT2D eigenvalue weighted by Gasteiger charge is -2.22. The van der Waals surface area contributed by atoms with Crippen molar-refractivity contribution in [3.05, 3.63) is 0 Å². The molecule has 0 aliphatic heterocycles. The van der Waals surface area contributed by atoms with Crippen molar-refractivity contribution >= 4 is 0 Å². The molecule has 0 aromatic rings. The van der Waals surface area contributed by atoms with Gasteiger partial charge in [-0.3, -0.25) is 0 Å². The second-order valence-corrected chi connectivity index (χ2v) is 6.16. The fourth-order valence-corrected chi connectivity index (χ4v) is 2.20. The van der Waals surface area contributed by atoms with Gasteiger partial charge in [0.1, 0.15) is 0 Å². The topological polar surface area (TPSA) is 15.3 Å². The molecular weight excluding hydrogens is 208 g/mol. The van der Waals surface area contributed by atoms with Crippen molar-refractivity contribution in [2.24, 2.45) is 11.8 Å². The fourth-order valence-electron chi connectivity index (χ4n) is 2.20. The Morgan fingerprint density at radius 1 is 1.18 bits per heavy atom. The molecule has 2 nitrogen and oxygen atoms in total. The number of rotatable bonds is 10. The van der Waals surface area contributed by atoms with E-state index in [9.17, 15) is 0 Å². The Balaban J connectivity index is 2.00. The highest BCUT2D eigenvalue weighted by Crippen LogP contribution is 2.29. The van der Waals surface area contributed by atoms with Crippen molar-refractivity contribution in [1.29, 1.82) is 0 Å². The van der Waals surface area contributed by atoms with Crippen molar-refractivity contribution in [2.45, 2.75) is 59.4 Å². The number of nitrogens with one attached hydrogen (secondary N) is 1. The first-order valence-electron chi connectivity index (χ1n) is 7.57. The van der Waals surface area contributed by atoms with Gasteiger partial charge in [-0.25, -0.2) is 0 Å². The van der Waals surface area contributed by atoms with E-state index >= 15 is 0 Å². The molecule has 17 heavy (non-hydrogen) atoms. The summed E-state index contributed by atoms with van der Waals surface area (Å²) >= 11 is 0. The normalized spacial score (nSPS) is 18.0. The van der Waals surface area contributed by atoms with E-state index < -0.39 is 0 Å². The molecular formula is C15H32N2. The smallest absolute Gasteiger partial charge is 0.0107 e. The fraction of sp³-hybridized carbons (Fsp3) is 1.00. The highest BCUT2D eigenvalue weighted by molar-refractivity contribution is 4.77. The second kappa shape index (κ2) is 8.10. The van der Waals surface area contributed by atoms with E-state index in [4.69, 9.17) is 0 Å². The molecule has 1 rings (SSSR count). The first kappa shape index (κ1) is 15.0. The highest BCUT2D eigenvalue weighted by atomic mass is 15.1. The zero-order valence-corrected chi connectivity index (χ0v) is 12.3. The Morgan fingerprint density at radius 2 is 1.88 bits per heavy atom. The Bertz CT molecular complexity index is 187. The quantitative estimate of drug-likeness (QED) is 0.631. The van der Waals surface area contributed by atoms with E-state index in [2.05, 4.69) is 37.9 Å². The lowest BCUT2D eigenvalue weighted by atomic mass is 10.0. The highest BCUT2D eigenvalue weighted by Gasteiger charge is 2.23. The van der Waals surface area contributed by atoms with Gasteiger partial charge in [0, 0.05) is 25.7 Å². The molecule has 2 heteroatoms. The van der Waals surface area contributed by atoms with Crippen molar-refractivity contribution in [1.82, 2.24) is 10.2 Å². The predicted molar refractivity (Wildman–Crippen MR) is 76.4 cm³/mol. The number of hydrogen-bond donors (Lipinski definition) is 1. The van der Waals surface area contributed by atoms with Gasteiger partial charge in [0.25, 0.3) is 0 Å². The molecule has 1 aliphatic carbocycles. The molecule has 1 N–H and O–H groups in total. The Hall–Kier alpha value is -0.0800. The van der Waals surface area contributed by atoms with Gasteiger partial charge in [-0.2, -0.15) is 0 Å². The number of nitrogens with zero attached hydrogens (tertiary/aromatic N) is 1. The van der Waals surface area contributed by atoms with E-state index in [1.54, 1.807) is 0 Å². The van der Waals surface area contributed by atoms with Crippen LogP contribution in [0.2, 0.25) is 0 Å². The van der Waals surface area contributed by atoms with Crippen LogP contribution in [0.1, 0.15) is 53.4 Å². The third-order valence-electron chi connectivity index (χ3n) is 3.76. The minimum absolute atomic E-state index is 0.678. The average Bonchev–Trinajstić information content (AvgIpc) is 3.08. The summed E-state index contributed by atoms with van der Waals surface area (Å²) < 4.78 is 0. The number of likely N-dealkylation sites (N-methyl/N-ethyl adjacent to an activating group) is 1. The molecule has 1 unspecified atom stereocenters. The van der Waals surface area contributed by atoms with E-state index in [1.807, 2.05) is 0 Å².